The zero-order chi connectivity index (χ0) is 22.0. The van der Waals surface area contributed by atoms with Crippen LogP contribution in [0.4, 0.5) is 0 Å². The van der Waals surface area contributed by atoms with Crippen molar-refractivity contribution in [1.82, 2.24) is 9.38 Å². The molecule has 2 aromatic heterocycles. The van der Waals surface area contributed by atoms with E-state index in [0.717, 1.165) is 28.0 Å². The SMILES string of the molecule is COc1cc(C(=O)Cc2ccc(-c3cn4cccc(C)c4n3)cc2)cc(OC)c1OC. The maximum absolute atomic E-state index is 12.9. The zero-order valence-electron chi connectivity index (χ0n) is 18.0. The van der Waals surface area contributed by atoms with Crippen LogP contribution in [0.2, 0.25) is 0 Å². The maximum Gasteiger partial charge on any atom is 0.203 e. The molecule has 2 aromatic carbocycles. The van der Waals surface area contributed by atoms with Crippen LogP contribution in [0.15, 0.2) is 60.9 Å². The lowest BCUT2D eigenvalue weighted by Crippen LogP contribution is -2.05. The Hall–Kier alpha value is -3.80. The van der Waals surface area contributed by atoms with Gasteiger partial charge in [0.1, 0.15) is 5.65 Å². The third-order valence-electron chi connectivity index (χ3n) is 5.28. The van der Waals surface area contributed by atoms with Crippen molar-refractivity contribution in [2.24, 2.45) is 0 Å². The van der Waals surface area contributed by atoms with Gasteiger partial charge in [0.2, 0.25) is 5.75 Å². The Kier molecular flexibility index (Phi) is 5.62. The average molecular weight is 416 g/mol. The minimum absolute atomic E-state index is 0.0321. The molecule has 6 nitrogen and oxygen atoms in total. The highest BCUT2D eigenvalue weighted by atomic mass is 16.5. The highest BCUT2D eigenvalue weighted by molar-refractivity contribution is 5.98. The predicted octanol–water partition coefficient (Wildman–Crippen LogP) is 4.76. The zero-order valence-corrected chi connectivity index (χ0v) is 18.0. The van der Waals surface area contributed by atoms with Crippen molar-refractivity contribution in [1.29, 1.82) is 0 Å². The van der Waals surface area contributed by atoms with Gasteiger partial charge in [0.15, 0.2) is 17.3 Å². The number of carbonyl (C=O) groups is 1. The second-order valence-corrected chi connectivity index (χ2v) is 7.26. The van der Waals surface area contributed by atoms with E-state index in [0.29, 0.717) is 22.8 Å². The fourth-order valence-electron chi connectivity index (χ4n) is 3.62. The molecule has 0 aliphatic heterocycles. The van der Waals surface area contributed by atoms with E-state index in [4.69, 9.17) is 19.2 Å². The second-order valence-electron chi connectivity index (χ2n) is 7.26. The fourth-order valence-corrected chi connectivity index (χ4v) is 3.62. The molecule has 0 atom stereocenters. The first-order valence-electron chi connectivity index (χ1n) is 9.91. The number of carbonyl (C=O) groups excluding carboxylic acids is 1. The third-order valence-corrected chi connectivity index (χ3v) is 5.28. The molecule has 0 aliphatic rings. The van der Waals surface area contributed by atoms with Gasteiger partial charge in [0, 0.05) is 29.9 Å². The summed E-state index contributed by atoms with van der Waals surface area (Å²) in [5, 5.41) is 0. The Morgan fingerprint density at radius 2 is 1.65 bits per heavy atom. The lowest BCUT2D eigenvalue weighted by Gasteiger charge is -2.13. The van der Waals surface area contributed by atoms with Crippen molar-refractivity contribution in [3.63, 3.8) is 0 Å². The molecule has 2 heterocycles. The van der Waals surface area contributed by atoms with Crippen molar-refractivity contribution in [2.45, 2.75) is 13.3 Å². The third kappa shape index (κ3) is 3.97. The Balaban J connectivity index is 1.56. The van der Waals surface area contributed by atoms with Crippen LogP contribution in [0.3, 0.4) is 0 Å². The molecule has 0 saturated heterocycles. The Bertz CT molecular complexity index is 1220. The molecule has 4 aromatic rings. The summed E-state index contributed by atoms with van der Waals surface area (Å²) < 4.78 is 18.1. The minimum atomic E-state index is -0.0321. The van der Waals surface area contributed by atoms with Gasteiger partial charge in [-0.05, 0) is 36.2 Å². The van der Waals surface area contributed by atoms with Gasteiger partial charge in [0.05, 0.1) is 27.0 Å². The number of aryl methyl sites for hydroxylation is 1. The van der Waals surface area contributed by atoms with Gasteiger partial charge < -0.3 is 18.6 Å². The van der Waals surface area contributed by atoms with E-state index >= 15 is 0 Å². The summed E-state index contributed by atoms with van der Waals surface area (Å²) in [6, 6.07) is 15.3. The summed E-state index contributed by atoms with van der Waals surface area (Å²) in [6.45, 7) is 2.05. The molecule has 0 aliphatic carbocycles. The number of fused-ring (bicyclic) bond motifs is 1. The predicted molar refractivity (Wildman–Crippen MR) is 119 cm³/mol. The van der Waals surface area contributed by atoms with Crippen LogP contribution in [0.1, 0.15) is 21.5 Å². The molecule has 0 fully saturated rings. The van der Waals surface area contributed by atoms with Gasteiger partial charge in [-0.2, -0.15) is 0 Å². The van der Waals surface area contributed by atoms with Crippen molar-refractivity contribution < 1.29 is 19.0 Å². The molecule has 0 saturated carbocycles. The standard InChI is InChI=1S/C25H24N2O4/c1-16-6-5-11-27-15-20(26-25(16)27)18-9-7-17(8-10-18)12-21(28)19-13-22(29-2)24(31-4)23(14-19)30-3/h5-11,13-15H,12H2,1-4H3. The Morgan fingerprint density at radius 1 is 0.968 bits per heavy atom. The highest BCUT2D eigenvalue weighted by Gasteiger charge is 2.17. The monoisotopic (exact) mass is 416 g/mol. The van der Waals surface area contributed by atoms with E-state index in [9.17, 15) is 4.79 Å². The number of ketones is 1. The summed E-state index contributed by atoms with van der Waals surface area (Å²) in [6.07, 6.45) is 4.27. The molecular formula is C25H24N2O4. The van der Waals surface area contributed by atoms with E-state index in [1.807, 2.05) is 60.1 Å². The van der Waals surface area contributed by atoms with Crippen LogP contribution < -0.4 is 14.2 Å². The summed E-state index contributed by atoms with van der Waals surface area (Å²) in [7, 11) is 4.60. The summed E-state index contributed by atoms with van der Waals surface area (Å²) in [5.41, 5.74) is 5.40. The number of rotatable bonds is 7. The van der Waals surface area contributed by atoms with Crippen LogP contribution in [0, 0.1) is 6.92 Å². The Morgan fingerprint density at radius 3 is 2.23 bits per heavy atom. The van der Waals surface area contributed by atoms with E-state index in [2.05, 4.69) is 0 Å². The van der Waals surface area contributed by atoms with E-state index in [-0.39, 0.29) is 12.2 Å². The molecule has 0 spiro atoms. The van der Waals surface area contributed by atoms with Gasteiger partial charge >= 0.3 is 0 Å². The molecule has 0 N–H and O–H groups in total. The molecule has 6 heteroatoms. The number of aromatic nitrogens is 2. The van der Waals surface area contributed by atoms with Crippen LogP contribution in [0.25, 0.3) is 16.9 Å². The first-order valence-corrected chi connectivity index (χ1v) is 9.91. The normalized spacial score (nSPS) is 10.8. The van der Waals surface area contributed by atoms with Crippen LogP contribution >= 0.6 is 0 Å². The molecule has 158 valence electrons. The molecule has 0 unspecified atom stereocenters. The smallest absolute Gasteiger partial charge is 0.203 e. The highest BCUT2D eigenvalue weighted by Crippen LogP contribution is 2.38. The molecule has 0 amide bonds. The van der Waals surface area contributed by atoms with Gasteiger partial charge in [-0.3, -0.25) is 4.79 Å². The quantitative estimate of drug-likeness (QED) is 0.407. The van der Waals surface area contributed by atoms with Crippen molar-refractivity contribution in [2.75, 3.05) is 21.3 Å². The van der Waals surface area contributed by atoms with Crippen LogP contribution in [-0.2, 0) is 6.42 Å². The summed E-state index contributed by atoms with van der Waals surface area (Å²) in [4.78, 5) is 17.6. The second kappa shape index (κ2) is 8.52. The van der Waals surface area contributed by atoms with Gasteiger partial charge in [-0.15, -0.1) is 0 Å². The number of pyridine rings is 1. The molecule has 4 rings (SSSR count). The average Bonchev–Trinajstić information content (AvgIpc) is 3.24. The van der Waals surface area contributed by atoms with E-state index in [1.54, 1.807) is 12.1 Å². The minimum Gasteiger partial charge on any atom is -0.493 e. The van der Waals surface area contributed by atoms with E-state index in [1.165, 1.54) is 21.3 Å². The van der Waals surface area contributed by atoms with Gasteiger partial charge in [0.25, 0.3) is 0 Å². The first-order chi connectivity index (χ1) is 15.0. The fraction of sp³-hybridized carbons (Fsp3) is 0.200. The number of nitrogens with zero attached hydrogens (tertiary/aromatic N) is 2. The van der Waals surface area contributed by atoms with Crippen molar-refractivity contribution >= 4 is 11.4 Å². The number of Topliss-reactive ketones (excluding diaryl/α,β-unsaturated/α-hetero) is 1. The largest absolute Gasteiger partial charge is 0.493 e. The molecule has 31 heavy (non-hydrogen) atoms. The summed E-state index contributed by atoms with van der Waals surface area (Å²) in [5.74, 6) is 1.36. The van der Waals surface area contributed by atoms with Crippen molar-refractivity contribution in [3.05, 3.63) is 77.6 Å². The number of hydrogen-bond donors (Lipinski definition) is 0. The van der Waals surface area contributed by atoms with Crippen LogP contribution in [0.5, 0.6) is 17.2 Å². The lowest BCUT2D eigenvalue weighted by atomic mass is 10.0. The molecule has 0 bridgehead atoms. The number of imidazole rings is 1. The summed E-state index contributed by atoms with van der Waals surface area (Å²) >= 11 is 0. The molecular weight excluding hydrogens is 392 g/mol. The first kappa shape index (κ1) is 20.5. The van der Waals surface area contributed by atoms with Crippen molar-refractivity contribution in [3.8, 4) is 28.5 Å². The topological polar surface area (TPSA) is 62.1 Å². The Labute approximate surface area is 181 Å². The van der Waals surface area contributed by atoms with Gasteiger partial charge in [-0.1, -0.05) is 30.3 Å². The number of hydrogen-bond acceptors (Lipinski definition) is 5. The number of ether oxygens (including phenoxy) is 3. The molecule has 0 radical (unpaired) electrons. The van der Waals surface area contributed by atoms with E-state index < -0.39 is 0 Å². The van der Waals surface area contributed by atoms with Crippen LogP contribution in [-0.4, -0.2) is 36.5 Å². The number of methoxy groups -OCH3 is 3. The number of benzene rings is 2. The lowest BCUT2D eigenvalue weighted by molar-refractivity contribution is 0.0992. The van der Waals surface area contributed by atoms with Gasteiger partial charge in [-0.25, -0.2) is 4.98 Å². The maximum atomic E-state index is 12.9.